The average Bonchev–Trinajstić information content (AvgIpc) is 2.96. The molecule has 3 aromatic carbocycles. The summed E-state index contributed by atoms with van der Waals surface area (Å²) in [4.78, 5) is 38.3. The fraction of sp³-hybridized carbons (Fsp3) is 0.258. The minimum atomic E-state index is -4.41. The van der Waals surface area contributed by atoms with Crippen molar-refractivity contribution in [1.29, 1.82) is 0 Å². The molecule has 0 spiro atoms. The molecule has 0 radical (unpaired) electrons. The third-order valence-electron chi connectivity index (χ3n) is 6.52. The van der Waals surface area contributed by atoms with Crippen molar-refractivity contribution in [3.05, 3.63) is 101 Å². The molecule has 0 heterocycles. The zero-order valence-corrected chi connectivity index (χ0v) is 25.6. The van der Waals surface area contributed by atoms with E-state index in [2.05, 4.69) is 27.8 Å². The van der Waals surface area contributed by atoms with E-state index in [4.69, 9.17) is 4.55 Å². The van der Waals surface area contributed by atoms with Crippen LogP contribution in [0.1, 0.15) is 56.0 Å². The van der Waals surface area contributed by atoms with Gasteiger partial charge in [-0.3, -0.25) is 18.9 Å². The fourth-order valence-electron chi connectivity index (χ4n) is 4.28. The first kappa shape index (κ1) is 33.6. The normalized spacial score (nSPS) is 13.1. The van der Waals surface area contributed by atoms with Crippen LogP contribution in [0.25, 0.3) is 0 Å². The van der Waals surface area contributed by atoms with Gasteiger partial charge in [-0.2, -0.15) is 13.5 Å². The highest BCUT2D eigenvalue weighted by Crippen LogP contribution is 2.33. The van der Waals surface area contributed by atoms with Gasteiger partial charge in [0.25, 0.3) is 21.9 Å². The van der Waals surface area contributed by atoms with Crippen LogP contribution in [0.2, 0.25) is 0 Å². The van der Waals surface area contributed by atoms with E-state index in [1.54, 1.807) is 24.3 Å². The van der Waals surface area contributed by atoms with Crippen LogP contribution in [0.5, 0.6) is 0 Å². The van der Waals surface area contributed by atoms with Gasteiger partial charge in [0, 0.05) is 22.4 Å². The Hall–Kier alpha value is -4.88. The van der Waals surface area contributed by atoms with Crippen LogP contribution in [0.3, 0.4) is 0 Å². The maximum atomic E-state index is 13.2. The third-order valence-corrected chi connectivity index (χ3v) is 7.03. The lowest BCUT2D eigenvalue weighted by molar-refractivity contribution is -0.124. The van der Waals surface area contributed by atoms with Gasteiger partial charge in [0.05, 0.1) is 5.69 Å². The largest absolute Gasteiger partial charge is 0.510 e. The Bertz CT molecular complexity index is 1680. The van der Waals surface area contributed by atoms with Gasteiger partial charge in [0.1, 0.15) is 11.6 Å². The molecule has 0 aliphatic carbocycles. The summed E-state index contributed by atoms with van der Waals surface area (Å²) in [6.45, 7) is 7.08. The number of carbonyl (C=O) groups is 3. The lowest BCUT2D eigenvalue weighted by atomic mass is 9.80. The van der Waals surface area contributed by atoms with Gasteiger partial charge >= 0.3 is 0 Å². The van der Waals surface area contributed by atoms with Gasteiger partial charge in [0.2, 0.25) is 5.91 Å². The molecule has 1 unspecified atom stereocenters. The smallest absolute Gasteiger partial charge is 0.283 e. The molecule has 0 bridgehead atoms. The number of nitrogens with zero attached hydrogens (tertiary/aromatic N) is 2. The predicted octanol–water partition coefficient (Wildman–Crippen LogP) is 5.93. The molecule has 3 aromatic rings. The van der Waals surface area contributed by atoms with Crippen molar-refractivity contribution in [2.24, 2.45) is 15.6 Å². The summed E-state index contributed by atoms with van der Waals surface area (Å²) < 4.78 is 30.6. The van der Waals surface area contributed by atoms with Crippen molar-refractivity contribution in [2.75, 3.05) is 16.5 Å². The highest BCUT2D eigenvalue weighted by molar-refractivity contribution is 7.85. The van der Waals surface area contributed by atoms with Crippen molar-refractivity contribution < 1.29 is 32.5 Å². The number of rotatable bonds is 12. The summed E-state index contributed by atoms with van der Waals surface area (Å²) >= 11 is 0. The fourth-order valence-corrected chi connectivity index (χ4v) is 4.59. The summed E-state index contributed by atoms with van der Waals surface area (Å²) in [5, 5.41) is 25.4. The maximum Gasteiger partial charge on any atom is 0.283 e. The summed E-state index contributed by atoms with van der Waals surface area (Å²) in [6.07, 6.45) is 0.617. The molecule has 12 nitrogen and oxygen atoms in total. The number of hydrogen-bond donors (Lipinski definition) is 5. The van der Waals surface area contributed by atoms with Crippen LogP contribution < -0.4 is 16.0 Å². The van der Waals surface area contributed by atoms with E-state index >= 15 is 0 Å². The van der Waals surface area contributed by atoms with E-state index in [-0.39, 0.29) is 23.1 Å². The number of azo groups is 1. The Morgan fingerprint density at radius 1 is 0.909 bits per heavy atom. The van der Waals surface area contributed by atoms with Crippen LogP contribution in [-0.4, -0.2) is 41.7 Å². The number of nitrogens with one attached hydrogen (secondary N) is 3. The van der Waals surface area contributed by atoms with Gasteiger partial charge in [0.15, 0.2) is 5.70 Å². The number of carbonyl (C=O) groups excluding carboxylic acids is 3. The molecule has 44 heavy (non-hydrogen) atoms. The van der Waals surface area contributed by atoms with Crippen molar-refractivity contribution in [1.82, 2.24) is 5.32 Å². The standard InChI is InChI=1S/C31H35N5O7S/c1-20(22-10-6-5-7-11-22)18-31(3,4)30(40)34-25-14-9-13-24(17-25)33-29(39)27(21(2)37)36-35-26-15-8-12-23(16-26)28(38)32-19-44(41,42)43/h5-17,20,37H,18-19H2,1-4H3,(H,32,38)(H,33,39)(H,34,40)(H,41,42,43). The number of amides is 3. The second-order valence-corrected chi connectivity index (χ2v) is 12.3. The van der Waals surface area contributed by atoms with Crippen LogP contribution in [-0.2, 0) is 19.7 Å². The van der Waals surface area contributed by atoms with Crippen molar-refractivity contribution in [3.63, 3.8) is 0 Å². The van der Waals surface area contributed by atoms with E-state index in [0.717, 1.165) is 5.56 Å². The van der Waals surface area contributed by atoms with Gasteiger partial charge in [-0.05, 0) is 61.2 Å². The lowest BCUT2D eigenvalue weighted by Crippen LogP contribution is -2.32. The summed E-state index contributed by atoms with van der Waals surface area (Å²) in [6, 6.07) is 22.1. The zero-order chi connectivity index (χ0) is 32.5. The highest BCUT2D eigenvalue weighted by Gasteiger charge is 2.30. The summed E-state index contributed by atoms with van der Waals surface area (Å²) in [5.41, 5.74) is 0.999. The molecular weight excluding hydrogens is 586 g/mol. The molecule has 13 heteroatoms. The molecule has 0 fully saturated rings. The molecule has 3 amide bonds. The lowest BCUT2D eigenvalue weighted by Gasteiger charge is -2.27. The molecule has 1 atom stereocenters. The molecule has 0 aliphatic heterocycles. The van der Waals surface area contributed by atoms with Crippen molar-refractivity contribution in [3.8, 4) is 0 Å². The van der Waals surface area contributed by atoms with Crippen LogP contribution >= 0.6 is 0 Å². The molecule has 0 saturated carbocycles. The number of allylic oxidation sites excluding steroid dienone is 1. The van der Waals surface area contributed by atoms with Crippen LogP contribution in [0.4, 0.5) is 17.1 Å². The molecule has 0 saturated heterocycles. The quantitative estimate of drug-likeness (QED) is 0.0717. The Balaban J connectivity index is 1.67. The molecule has 0 aliphatic rings. The Kier molecular flexibility index (Phi) is 11.1. The number of aliphatic hydroxyl groups excluding tert-OH is 1. The van der Waals surface area contributed by atoms with E-state index in [9.17, 15) is 27.9 Å². The van der Waals surface area contributed by atoms with E-state index < -0.39 is 44.7 Å². The molecule has 232 valence electrons. The number of benzene rings is 3. The number of anilines is 2. The molecular formula is C31H35N5O7S. The first-order valence-electron chi connectivity index (χ1n) is 13.6. The van der Waals surface area contributed by atoms with Crippen molar-refractivity contribution in [2.45, 2.75) is 40.0 Å². The van der Waals surface area contributed by atoms with Gasteiger partial charge < -0.3 is 21.1 Å². The van der Waals surface area contributed by atoms with E-state index in [1.165, 1.54) is 31.2 Å². The Morgan fingerprint density at radius 2 is 1.55 bits per heavy atom. The van der Waals surface area contributed by atoms with Crippen LogP contribution in [0, 0.1) is 5.41 Å². The monoisotopic (exact) mass is 621 g/mol. The minimum Gasteiger partial charge on any atom is -0.510 e. The Morgan fingerprint density at radius 3 is 2.18 bits per heavy atom. The van der Waals surface area contributed by atoms with Gasteiger partial charge in [-0.25, -0.2) is 0 Å². The Labute approximate surface area is 256 Å². The second kappa shape index (κ2) is 14.5. The second-order valence-electron chi connectivity index (χ2n) is 10.8. The molecule has 0 aromatic heterocycles. The van der Waals surface area contributed by atoms with Gasteiger partial charge in [-0.15, -0.1) is 5.11 Å². The van der Waals surface area contributed by atoms with E-state index in [0.29, 0.717) is 17.8 Å². The topological polar surface area (TPSA) is 187 Å². The van der Waals surface area contributed by atoms with Gasteiger partial charge in [-0.1, -0.05) is 63.2 Å². The van der Waals surface area contributed by atoms with E-state index in [1.807, 2.05) is 49.5 Å². The number of aliphatic hydroxyl groups is 1. The summed E-state index contributed by atoms with van der Waals surface area (Å²) in [5.74, 6) is -2.98. The zero-order valence-electron chi connectivity index (χ0n) is 24.7. The highest BCUT2D eigenvalue weighted by atomic mass is 32.2. The third kappa shape index (κ3) is 10.1. The predicted molar refractivity (Wildman–Crippen MR) is 167 cm³/mol. The number of hydrogen-bond acceptors (Lipinski definition) is 8. The molecule has 5 N–H and O–H groups in total. The first-order chi connectivity index (χ1) is 20.6. The first-order valence-corrected chi connectivity index (χ1v) is 15.2. The SMILES string of the molecule is CC(O)=C(N=Nc1cccc(C(=O)NCS(=O)(=O)O)c1)C(=O)Nc1cccc(NC(=O)C(C)(C)CC(C)c2ccccc2)c1. The minimum absolute atomic E-state index is 0.0253. The van der Waals surface area contributed by atoms with Crippen molar-refractivity contribution >= 4 is 44.9 Å². The average molecular weight is 622 g/mol. The summed E-state index contributed by atoms with van der Waals surface area (Å²) in [7, 11) is -4.41. The van der Waals surface area contributed by atoms with Crippen LogP contribution in [0.15, 0.2) is 101 Å². The maximum absolute atomic E-state index is 13.2. The molecule has 3 rings (SSSR count).